The Morgan fingerprint density at radius 3 is 2.14 bits per heavy atom. The molecule has 0 aromatic heterocycles. The highest BCUT2D eigenvalue weighted by molar-refractivity contribution is 7.99. The predicted molar refractivity (Wildman–Crippen MR) is 117 cm³/mol. The van der Waals surface area contributed by atoms with Crippen LogP contribution in [0.5, 0.6) is 5.75 Å². The largest absolute Gasteiger partial charge is 0.507 e. The fraction of sp³-hybridized carbons (Fsp3) is 0.391. The summed E-state index contributed by atoms with van der Waals surface area (Å²) in [5.41, 5.74) is 1.53. The molecule has 29 heavy (non-hydrogen) atoms. The third kappa shape index (κ3) is 5.32. The number of aromatic hydroxyl groups is 1. The van der Waals surface area contributed by atoms with Crippen molar-refractivity contribution in [2.24, 2.45) is 5.92 Å². The van der Waals surface area contributed by atoms with Gasteiger partial charge < -0.3 is 14.9 Å². The van der Waals surface area contributed by atoms with E-state index in [1.165, 1.54) is 11.6 Å². The molecule has 1 aliphatic heterocycles. The van der Waals surface area contributed by atoms with Gasteiger partial charge in [-0.15, -0.1) is 11.8 Å². The number of carbonyl (C=O) groups excluding carboxylic acids is 2. The lowest BCUT2D eigenvalue weighted by molar-refractivity contribution is -0.132. The Balaban J connectivity index is 1.57. The number of carbonyl (C=O) groups is 2. The molecule has 0 bridgehead atoms. The average Bonchev–Trinajstić information content (AvgIpc) is 2.74. The van der Waals surface area contributed by atoms with Crippen molar-refractivity contribution in [2.75, 3.05) is 26.2 Å². The fourth-order valence-corrected chi connectivity index (χ4v) is 4.68. The quantitative estimate of drug-likeness (QED) is 0.787. The first kappa shape index (κ1) is 21.2. The molecule has 2 aromatic rings. The SMILES string of the molecule is CC(C)C(SCc1ccccc1)C(=O)N1CCN(C(=O)c2ccccc2O)CC1. The molecule has 0 radical (unpaired) electrons. The number of benzene rings is 2. The van der Waals surface area contributed by atoms with Crippen LogP contribution in [0.1, 0.15) is 29.8 Å². The lowest BCUT2D eigenvalue weighted by atomic mass is 10.1. The van der Waals surface area contributed by atoms with Crippen LogP contribution in [0.15, 0.2) is 54.6 Å². The van der Waals surface area contributed by atoms with Gasteiger partial charge in [0.1, 0.15) is 5.75 Å². The Bertz CT molecular complexity index is 833. The minimum atomic E-state index is -0.186. The second-order valence-electron chi connectivity index (χ2n) is 7.60. The lowest BCUT2D eigenvalue weighted by Gasteiger charge is -2.37. The van der Waals surface area contributed by atoms with Gasteiger partial charge >= 0.3 is 0 Å². The number of amides is 2. The van der Waals surface area contributed by atoms with Crippen LogP contribution in [0, 0.1) is 5.92 Å². The maximum atomic E-state index is 13.1. The third-order valence-electron chi connectivity index (χ3n) is 5.13. The van der Waals surface area contributed by atoms with Gasteiger partial charge in [-0.2, -0.15) is 0 Å². The number of para-hydroxylation sites is 1. The van der Waals surface area contributed by atoms with Gasteiger partial charge in [0, 0.05) is 31.9 Å². The molecule has 6 heteroatoms. The molecule has 2 aromatic carbocycles. The molecular weight excluding hydrogens is 384 g/mol. The number of hydrogen-bond donors (Lipinski definition) is 1. The molecular formula is C23H28N2O3S. The highest BCUT2D eigenvalue weighted by atomic mass is 32.2. The summed E-state index contributed by atoms with van der Waals surface area (Å²) in [4.78, 5) is 29.4. The van der Waals surface area contributed by atoms with Gasteiger partial charge in [0.2, 0.25) is 5.91 Å². The first-order chi connectivity index (χ1) is 14.0. The summed E-state index contributed by atoms with van der Waals surface area (Å²) in [7, 11) is 0. The molecule has 1 aliphatic rings. The van der Waals surface area contributed by atoms with E-state index in [4.69, 9.17) is 0 Å². The number of phenols is 1. The van der Waals surface area contributed by atoms with Crippen molar-refractivity contribution < 1.29 is 14.7 Å². The smallest absolute Gasteiger partial charge is 0.257 e. The molecule has 2 amide bonds. The van der Waals surface area contributed by atoms with Crippen LogP contribution in [0.25, 0.3) is 0 Å². The van der Waals surface area contributed by atoms with Gasteiger partial charge in [-0.1, -0.05) is 56.3 Å². The third-order valence-corrected chi connectivity index (χ3v) is 6.74. The summed E-state index contributed by atoms with van der Waals surface area (Å²) in [6.45, 7) is 6.16. The van der Waals surface area contributed by atoms with Crippen molar-refractivity contribution >= 4 is 23.6 Å². The van der Waals surface area contributed by atoms with E-state index in [2.05, 4.69) is 26.0 Å². The van der Waals surface area contributed by atoms with Crippen LogP contribution in [0.2, 0.25) is 0 Å². The van der Waals surface area contributed by atoms with E-state index in [9.17, 15) is 14.7 Å². The number of phenolic OH excluding ortho intramolecular Hbond substituents is 1. The summed E-state index contributed by atoms with van der Waals surface area (Å²) in [6.07, 6.45) is 0. The molecule has 154 valence electrons. The highest BCUT2D eigenvalue weighted by Crippen LogP contribution is 2.26. The summed E-state index contributed by atoms with van der Waals surface area (Å²) < 4.78 is 0. The van der Waals surface area contributed by atoms with E-state index in [1.54, 1.807) is 34.9 Å². The number of nitrogens with zero attached hydrogens (tertiary/aromatic N) is 2. The molecule has 1 N–H and O–H groups in total. The molecule has 0 saturated carbocycles. The zero-order valence-corrected chi connectivity index (χ0v) is 17.8. The molecule has 1 fully saturated rings. The summed E-state index contributed by atoms with van der Waals surface area (Å²) in [5.74, 6) is 0.997. The van der Waals surface area contributed by atoms with Crippen LogP contribution in [-0.2, 0) is 10.5 Å². The minimum Gasteiger partial charge on any atom is -0.507 e. The topological polar surface area (TPSA) is 60.9 Å². The first-order valence-corrected chi connectivity index (χ1v) is 11.0. The van der Waals surface area contributed by atoms with E-state index in [1.807, 2.05) is 23.1 Å². The van der Waals surface area contributed by atoms with E-state index in [0.29, 0.717) is 31.7 Å². The molecule has 0 spiro atoms. The maximum absolute atomic E-state index is 13.1. The van der Waals surface area contributed by atoms with Crippen molar-refractivity contribution in [2.45, 2.75) is 24.9 Å². The summed E-state index contributed by atoms with van der Waals surface area (Å²) in [5, 5.41) is 9.82. The van der Waals surface area contributed by atoms with E-state index >= 15 is 0 Å². The number of rotatable bonds is 6. The zero-order valence-electron chi connectivity index (χ0n) is 17.0. The number of piperazine rings is 1. The van der Waals surface area contributed by atoms with Crippen LogP contribution < -0.4 is 0 Å². The maximum Gasteiger partial charge on any atom is 0.257 e. The Hall–Kier alpha value is -2.47. The first-order valence-electron chi connectivity index (χ1n) is 9.99. The Morgan fingerprint density at radius 1 is 0.931 bits per heavy atom. The van der Waals surface area contributed by atoms with Crippen molar-refractivity contribution in [1.29, 1.82) is 0 Å². The Morgan fingerprint density at radius 2 is 1.52 bits per heavy atom. The number of hydrogen-bond acceptors (Lipinski definition) is 4. The van der Waals surface area contributed by atoms with Crippen molar-refractivity contribution in [3.05, 3.63) is 65.7 Å². The zero-order chi connectivity index (χ0) is 20.8. The molecule has 1 saturated heterocycles. The van der Waals surface area contributed by atoms with E-state index in [-0.39, 0.29) is 28.7 Å². The standard InChI is InChI=1S/C23H28N2O3S/c1-17(2)21(29-16-18-8-4-3-5-9-18)23(28)25-14-12-24(13-15-25)22(27)19-10-6-7-11-20(19)26/h3-11,17,21,26H,12-16H2,1-2H3. The summed E-state index contributed by atoms with van der Waals surface area (Å²) >= 11 is 1.69. The Kier molecular flexibility index (Phi) is 7.20. The van der Waals surface area contributed by atoms with Crippen molar-refractivity contribution in [3.8, 4) is 5.75 Å². The van der Waals surface area contributed by atoms with Gasteiger partial charge in [-0.05, 0) is 23.6 Å². The van der Waals surface area contributed by atoms with E-state index in [0.717, 1.165) is 5.75 Å². The minimum absolute atomic E-state index is 0.00631. The predicted octanol–water partition coefficient (Wildman–Crippen LogP) is 3.63. The van der Waals surface area contributed by atoms with Crippen LogP contribution >= 0.6 is 11.8 Å². The van der Waals surface area contributed by atoms with Crippen LogP contribution in [0.3, 0.4) is 0 Å². The van der Waals surface area contributed by atoms with Gasteiger partial charge in [-0.3, -0.25) is 9.59 Å². The average molecular weight is 413 g/mol. The molecule has 1 heterocycles. The second kappa shape index (κ2) is 9.83. The monoisotopic (exact) mass is 412 g/mol. The van der Waals surface area contributed by atoms with Crippen LogP contribution in [-0.4, -0.2) is 58.1 Å². The van der Waals surface area contributed by atoms with Gasteiger partial charge in [-0.25, -0.2) is 0 Å². The van der Waals surface area contributed by atoms with Crippen molar-refractivity contribution in [3.63, 3.8) is 0 Å². The van der Waals surface area contributed by atoms with Gasteiger partial charge in [0.05, 0.1) is 10.8 Å². The lowest BCUT2D eigenvalue weighted by Crippen LogP contribution is -2.53. The molecule has 1 unspecified atom stereocenters. The van der Waals surface area contributed by atoms with Crippen molar-refractivity contribution in [1.82, 2.24) is 9.80 Å². The molecule has 1 atom stereocenters. The van der Waals surface area contributed by atoms with E-state index < -0.39 is 0 Å². The molecule has 3 rings (SSSR count). The van der Waals surface area contributed by atoms with Gasteiger partial charge in [0.25, 0.3) is 5.91 Å². The number of thioether (sulfide) groups is 1. The Labute approximate surface area is 176 Å². The fourth-order valence-electron chi connectivity index (χ4n) is 3.44. The summed E-state index contributed by atoms with van der Waals surface area (Å²) in [6, 6.07) is 16.8. The van der Waals surface area contributed by atoms with Gasteiger partial charge in [0.15, 0.2) is 0 Å². The molecule has 5 nitrogen and oxygen atoms in total. The van der Waals surface area contributed by atoms with Crippen LogP contribution in [0.4, 0.5) is 0 Å². The normalized spacial score (nSPS) is 15.4. The molecule has 0 aliphatic carbocycles. The highest BCUT2D eigenvalue weighted by Gasteiger charge is 2.31. The second-order valence-corrected chi connectivity index (χ2v) is 8.73.